The first-order valence-electron chi connectivity index (χ1n) is 6.01. The van der Waals surface area contributed by atoms with E-state index >= 15 is 0 Å². The molecule has 17 heavy (non-hydrogen) atoms. The number of anilines is 1. The number of rotatable bonds is 2. The maximum absolute atomic E-state index is 10.5. The Hall–Kier alpha value is -1.49. The molecule has 2 aliphatic rings. The lowest BCUT2D eigenvalue weighted by Gasteiger charge is -2.37. The molecular formula is C12H15N3O2. The molecule has 1 unspecified atom stereocenters. The number of aldehydes is 1. The summed E-state index contributed by atoms with van der Waals surface area (Å²) in [7, 11) is 0. The summed E-state index contributed by atoms with van der Waals surface area (Å²) in [6.07, 6.45) is 7.54. The average Bonchev–Trinajstić information content (AvgIpc) is 2.62. The normalized spacial score (nSPS) is 31.6. The van der Waals surface area contributed by atoms with Gasteiger partial charge in [0.15, 0.2) is 6.29 Å². The van der Waals surface area contributed by atoms with E-state index in [1.54, 1.807) is 6.20 Å². The Morgan fingerprint density at radius 3 is 2.47 bits per heavy atom. The van der Waals surface area contributed by atoms with Crippen LogP contribution in [0.1, 0.15) is 36.2 Å². The van der Waals surface area contributed by atoms with Crippen LogP contribution in [0.4, 0.5) is 5.82 Å². The molecule has 0 amide bonds. The third-order valence-corrected chi connectivity index (χ3v) is 3.75. The summed E-state index contributed by atoms with van der Waals surface area (Å²) in [5.74, 6) is 0.829. The molecule has 1 aromatic rings. The Balaban J connectivity index is 1.86. The van der Waals surface area contributed by atoms with Gasteiger partial charge in [0, 0.05) is 12.1 Å². The fraction of sp³-hybridized carbons (Fsp3) is 0.583. The molecule has 90 valence electrons. The smallest absolute Gasteiger partial charge is 0.170 e. The zero-order valence-electron chi connectivity index (χ0n) is 9.49. The van der Waals surface area contributed by atoms with Gasteiger partial charge in [-0.05, 0) is 25.7 Å². The molecule has 3 rings (SSSR count). The molecule has 0 aromatic carbocycles. The van der Waals surface area contributed by atoms with Crippen molar-refractivity contribution < 1.29 is 9.90 Å². The fourth-order valence-electron chi connectivity index (χ4n) is 3.05. The van der Waals surface area contributed by atoms with Crippen LogP contribution in [0.5, 0.6) is 0 Å². The van der Waals surface area contributed by atoms with Crippen LogP contribution in [-0.4, -0.2) is 39.5 Å². The molecule has 2 fully saturated rings. The molecule has 0 saturated carbocycles. The first-order valence-corrected chi connectivity index (χ1v) is 6.01. The Bertz CT molecular complexity index is 406. The van der Waals surface area contributed by atoms with Crippen LogP contribution in [0.15, 0.2) is 12.4 Å². The molecule has 5 nitrogen and oxygen atoms in total. The number of piperidine rings is 1. The Labute approximate surface area is 99.5 Å². The van der Waals surface area contributed by atoms with Gasteiger partial charge in [-0.25, -0.2) is 9.97 Å². The van der Waals surface area contributed by atoms with Gasteiger partial charge in [-0.1, -0.05) is 0 Å². The van der Waals surface area contributed by atoms with Crippen molar-refractivity contribution in [2.45, 2.75) is 43.9 Å². The average molecular weight is 233 g/mol. The van der Waals surface area contributed by atoms with Crippen LogP contribution >= 0.6 is 0 Å². The van der Waals surface area contributed by atoms with Gasteiger partial charge >= 0.3 is 0 Å². The number of hydrogen-bond donors (Lipinski definition) is 1. The predicted octanol–water partition coefficient (Wildman–Crippen LogP) is 0.781. The van der Waals surface area contributed by atoms with Crippen molar-refractivity contribution in [1.29, 1.82) is 0 Å². The van der Waals surface area contributed by atoms with Crippen LogP contribution in [0.2, 0.25) is 0 Å². The highest BCUT2D eigenvalue weighted by Gasteiger charge is 2.40. The molecule has 1 N–H and O–H groups in total. The first kappa shape index (κ1) is 10.7. The zero-order valence-corrected chi connectivity index (χ0v) is 9.49. The van der Waals surface area contributed by atoms with Crippen molar-refractivity contribution in [1.82, 2.24) is 9.97 Å². The molecule has 0 spiro atoms. The summed E-state index contributed by atoms with van der Waals surface area (Å²) >= 11 is 0. The van der Waals surface area contributed by atoms with Gasteiger partial charge in [-0.15, -0.1) is 0 Å². The molecule has 0 radical (unpaired) electrons. The number of hydrogen-bond acceptors (Lipinski definition) is 5. The molecule has 1 aromatic heterocycles. The van der Waals surface area contributed by atoms with E-state index in [0.717, 1.165) is 31.5 Å². The third-order valence-electron chi connectivity index (χ3n) is 3.75. The summed E-state index contributed by atoms with van der Waals surface area (Å²) in [5, 5.41) is 9.73. The maximum atomic E-state index is 10.5. The second-order valence-corrected chi connectivity index (χ2v) is 4.83. The topological polar surface area (TPSA) is 66.3 Å². The van der Waals surface area contributed by atoms with Crippen LogP contribution in [0.3, 0.4) is 0 Å². The molecule has 3 heterocycles. The van der Waals surface area contributed by atoms with Crippen LogP contribution < -0.4 is 4.90 Å². The van der Waals surface area contributed by atoms with Gasteiger partial charge in [0.25, 0.3) is 0 Å². The fourth-order valence-corrected chi connectivity index (χ4v) is 3.05. The summed E-state index contributed by atoms with van der Waals surface area (Å²) in [5.41, 5.74) is 0.359. The number of nitrogens with zero attached hydrogens (tertiary/aromatic N) is 3. The minimum Gasteiger partial charge on any atom is -0.393 e. The summed E-state index contributed by atoms with van der Waals surface area (Å²) in [4.78, 5) is 21.1. The van der Waals surface area contributed by atoms with Gasteiger partial charge in [0.2, 0.25) is 0 Å². The maximum Gasteiger partial charge on any atom is 0.170 e. The summed E-state index contributed by atoms with van der Waals surface area (Å²) < 4.78 is 0. The number of carbonyl (C=O) groups excluding carboxylic acids is 1. The lowest BCUT2D eigenvalue weighted by Crippen LogP contribution is -2.45. The van der Waals surface area contributed by atoms with Gasteiger partial charge in [0.1, 0.15) is 11.5 Å². The highest BCUT2D eigenvalue weighted by Crippen LogP contribution is 2.38. The molecular weight excluding hydrogens is 218 g/mol. The molecule has 3 atom stereocenters. The Kier molecular flexibility index (Phi) is 2.55. The minimum atomic E-state index is -0.175. The minimum absolute atomic E-state index is 0.175. The van der Waals surface area contributed by atoms with Crippen molar-refractivity contribution in [2.24, 2.45) is 0 Å². The van der Waals surface area contributed by atoms with Gasteiger partial charge in [-0.3, -0.25) is 4.79 Å². The second kappa shape index (κ2) is 4.07. The summed E-state index contributed by atoms with van der Waals surface area (Å²) in [6, 6.07) is 0.750. The monoisotopic (exact) mass is 233 g/mol. The number of aromatic nitrogens is 2. The van der Waals surface area contributed by atoms with Crippen molar-refractivity contribution in [2.75, 3.05) is 4.90 Å². The van der Waals surface area contributed by atoms with E-state index in [-0.39, 0.29) is 6.10 Å². The number of fused-ring (bicyclic) bond motifs is 2. The molecule has 2 bridgehead atoms. The third kappa shape index (κ3) is 1.80. The molecule has 5 heteroatoms. The first-order chi connectivity index (χ1) is 8.28. The van der Waals surface area contributed by atoms with Crippen molar-refractivity contribution in [3.63, 3.8) is 0 Å². The van der Waals surface area contributed by atoms with Crippen LogP contribution in [0.25, 0.3) is 0 Å². The van der Waals surface area contributed by atoms with Crippen molar-refractivity contribution in [3.05, 3.63) is 18.1 Å². The Morgan fingerprint density at radius 2 is 1.94 bits per heavy atom. The predicted molar refractivity (Wildman–Crippen MR) is 61.9 cm³/mol. The van der Waals surface area contributed by atoms with E-state index in [2.05, 4.69) is 14.9 Å². The number of carbonyl (C=O) groups is 1. The molecule has 2 saturated heterocycles. The molecule has 2 aliphatic heterocycles. The number of aliphatic hydroxyl groups is 1. The highest BCUT2D eigenvalue weighted by molar-refractivity contribution is 5.71. The highest BCUT2D eigenvalue weighted by atomic mass is 16.3. The van der Waals surface area contributed by atoms with Crippen LogP contribution in [0, 0.1) is 0 Å². The Morgan fingerprint density at radius 1 is 1.24 bits per heavy atom. The van der Waals surface area contributed by atoms with E-state index in [1.165, 1.54) is 6.20 Å². The SMILES string of the molecule is O=Cc1cnc(N2[C@@H]3CC[C@H]2CC(O)C3)cn1. The lowest BCUT2D eigenvalue weighted by atomic mass is 10.0. The second-order valence-electron chi connectivity index (χ2n) is 4.83. The van der Waals surface area contributed by atoms with Gasteiger partial charge in [-0.2, -0.15) is 0 Å². The quantitative estimate of drug-likeness (QED) is 0.765. The zero-order chi connectivity index (χ0) is 11.8. The van der Waals surface area contributed by atoms with Gasteiger partial charge < -0.3 is 10.0 Å². The number of aliphatic hydroxyl groups excluding tert-OH is 1. The van der Waals surface area contributed by atoms with Crippen molar-refractivity contribution in [3.8, 4) is 0 Å². The molecule has 0 aliphatic carbocycles. The van der Waals surface area contributed by atoms with E-state index in [0.29, 0.717) is 24.1 Å². The van der Waals surface area contributed by atoms with E-state index in [1.807, 2.05) is 0 Å². The standard InChI is InChI=1S/C12H15N3O2/c16-7-8-5-14-12(6-13-8)15-9-1-2-10(15)4-11(17)3-9/h5-7,9-11,17H,1-4H2/t9-,10+,11?. The van der Waals surface area contributed by atoms with Crippen molar-refractivity contribution >= 4 is 12.1 Å². The summed E-state index contributed by atoms with van der Waals surface area (Å²) in [6.45, 7) is 0. The van der Waals surface area contributed by atoms with E-state index in [9.17, 15) is 9.90 Å². The van der Waals surface area contributed by atoms with E-state index < -0.39 is 0 Å². The van der Waals surface area contributed by atoms with Crippen LogP contribution in [-0.2, 0) is 0 Å². The van der Waals surface area contributed by atoms with E-state index in [4.69, 9.17) is 0 Å². The largest absolute Gasteiger partial charge is 0.393 e. The van der Waals surface area contributed by atoms with Gasteiger partial charge in [0.05, 0.1) is 18.5 Å². The lowest BCUT2D eigenvalue weighted by molar-refractivity contribution is 0.111.